The number of amides is 1. The summed E-state index contributed by atoms with van der Waals surface area (Å²) in [6.45, 7) is 0. The van der Waals surface area contributed by atoms with Crippen LogP contribution in [0.2, 0.25) is 0 Å². The summed E-state index contributed by atoms with van der Waals surface area (Å²) in [6, 6.07) is 0. The predicted molar refractivity (Wildman–Crippen MR) is 75.9 cm³/mol. The molecule has 0 saturated heterocycles. The highest BCUT2D eigenvalue weighted by Gasteiger charge is 2.16. The number of fused-ring (bicyclic) bond motifs is 1. The number of aryl methyl sites for hydroxylation is 1. The molecule has 1 N–H and O–H groups in total. The van der Waals surface area contributed by atoms with Gasteiger partial charge in [0.1, 0.15) is 5.52 Å². The fourth-order valence-corrected chi connectivity index (χ4v) is 2.87. The molecule has 3 aromatic heterocycles. The van der Waals surface area contributed by atoms with Gasteiger partial charge in [0.25, 0.3) is 0 Å². The lowest BCUT2D eigenvalue weighted by Crippen LogP contribution is -1.92. The van der Waals surface area contributed by atoms with Crippen molar-refractivity contribution in [3.8, 4) is 17.0 Å². The number of rotatable bonds is 4. The number of methoxy groups -OCH3 is 1. The second-order valence-electron chi connectivity index (χ2n) is 4.04. The van der Waals surface area contributed by atoms with E-state index in [-0.39, 0.29) is 0 Å². The van der Waals surface area contributed by atoms with E-state index in [0.29, 0.717) is 22.9 Å². The molecule has 0 atom stereocenters. The Hall–Kier alpha value is -2.48. The molecule has 3 heterocycles. The summed E-state index contributed by atoms with van der Waals surface area (Å²) in [7, 11) is 3.39. The molecule has 7 nitrogen and oxygen atoms in total. The van der Waals surface area contributed by atoms with E-state index in [2.05, 4.69) is 20.4 Å². The van der Waals surface area contributed by atoms with E-state index in [4.69, 9.17) is 4.74 Å². The number of hydrogen-bond donors (Lipinski definition) is 1. The van der Waals surface area contributed by atoms with Crippen LogP contribution in [0.25, 0.3) is 21.3 Å². The Bertz CT molecular complexity index is 779. The van der Waals surface area contributed by atoms with Crippen molar-refractivity contribution in [2.24, 2.45) is 7.05 Å². The third-order valence-corrected chi connectivity index (χ3v) is 3.80. The van der Waals surface area contributed by atoms with Gasteiger partial charge in [-0.2, -0.15) is 5.10 Å². The number of carbonyl (C=O) groups is 1. The number of nitrogens with zero attached hydrogens (tertiary/aromatic N) is 4. The van der Waals surface area contributed by atoms with Gasteiger partial charge >= 0.3 is 0 Å². The Morgan fingerprint density at radius 3 is 2.95 bits per heavy atom. The molecule has 0 unspecified atom stereocenters. The molecule has 8 heteroatoms. The normalized spacial score (nSPS) is 10.7. The van der Waals surface area contributed by atoms with E-state index in [1.807, 2.05) is 13.2 Å². The van der Waals surface area contributed by atoms with Crippen molar-refractivity contribution in [1.82, 2.24) is 19.7 Å². The second kappa shape index (κ2) is 4.89. The van der Waals surface area contributed by atoms with Crippen LogP contribution in [-0.4, -0.2) is 33.3 Å². The average Bonchev–Trinajstić information content (AvgIpc) is 3.04. The third-order valence-electron chi connectivity index (χ3n) is 2.78. The third kappa shape index (κ3) is 1.99. The standard InChI is InChI=1S/C12H11N5O2S/c1-17-5-7(3-15-17)8-4-13-11(19-2)9-10(8)20-12(16-9)14-6-18/h3-6H,1-2H3,(H,14,16,18). The van der Waals surface area contributed by atoms with Gasteiger partial charge in [0.2, 0.25) is 12.3 Å². The van der Waals surface area contributed by atoms with Crippen molar-refractivity contribution < 1.29 is 9.53 Å². The second-order valence-corrected chi connectivity index (χ2v) is 5.04. The Morgan fingerprint density at radius 1 is 1.45 bits per heavy atom. The van der Waals surface area contributed by atoms with Crippen molar-refractivity contribution >= 4 is 33.1 Å². The van der Waals surface area contributed by atoms with Crippen molar-refractivity contribution in [2.45, 2.75) is 0 Å². The number of carbonyl (C=O) groups excluding carboxylic acids is 1. The number of aromatic nitrogens is 4. The zero-order valence-corrected chi connectivity index (χ0v) is 11.6. The quantitative estimate of drug-likeness (QED) is 0.739. The van der Waals surface area contributed by atoms with Crippen molar-refractivity contribution in [2.75, 3.05) is 12.4 Å². The van der Waals surface area contributed by atoms with E-state index in [0.717, 1.165) is 15.8 Å². The maximum atomic E-state index is 10.6. The first-order valence-electron chi connectivity index (χ1n) is 5.75. The number of hydrogen-bond acceptors (Lipinski definition) is 6. The Labute approximate surface area is 118 Å². The summed E-state index contributed by atoms with van der Waals surface area (Å²) in [6.07, 6.45) is 5.98. The Morgan fingerprint density at radius 2 is 2.30 bits per heavy atom. The maximum absolute atomic E-state index is 10.6. The fourth-order valence-electron chi connectivity index (χ4n) is 1.92. The predicted octanol–water partition coefficient (Wildman–Crippen LogP) is 1.67. The molecular formula is C12H11N5O2S. The van der Waals surface area contributed by atoms with Gasteiger partial charge in [-0.15, -0.1) is 0 Å². The summed E-state index contributed by atoms with van der Waals surface area (Å²) in [4.78, 5) is 19.1. The molecule has 20 heavy (non-hydrogen) atoms. The molecule has 0 aliphatic rings. The Kier molecular flexibility index (Phi) is 3.07. The topological polar surface area (TPSA) is 81.9 Å². The van der Waals surface area contributed by atoms with E-state index < -0.39 is 0 Å². The van der Waals surface area contributed by atoms with Gasteiger partial charge in [0.05, 0.1) is 18.0 Å². The molecule has 0 aliphatic carbocycles. The lowest BCUT2D eigenvalue weighted by molar-refractivity contribution is -0.105. The number of ether oxygens (including phenoxy) is 1. The molecule has 3 aromatic rings. The zero-order valence-electron chi connectivity index (χ0n) is 10.8. The van der Waals surface area contributed by atoms with Gasteiger partial charge in [-0.05, 0) is 0 Å². The van der Waals surface area contributed by atoms with Crippen molar-refractivity contribution in [3.63, 3.8) is 0 Å². The molecule has 0 spiro atoms. The fraction of sp³-hybridized carbons (Fsp3) is 0.167. The van der Waals surface area contributed by atoms with E-state index in [9.17, 15) is 4.79 Å². The zero-order chi connectivity index (χ0) is 14.1. The molecular weight excluding hydrogens is 278 g/mol. The molecule has 0 fully saturated rings. The van der Waals surface area contributed by atoms with Crippen molar-refractivity contribution in [1.29, 1.82) is 0 Å². The SMILES string of the molecule is COc1ncc(-c2cnn(C)c2)c2sc(NC=O)nc12. The molecule has 1 amide bonds. The summed E-state index contributed by atoms with van der Waals surface area (Å²) < 4.78 is 7.83. The van der Waals surface area contributed by atoms with Crippen LogP contribution < -0.4 is 10.1 Å². The van der Waals surface area contributed by atoms with E-state index in [1.54, 1.807) is 17.1 Å². The largest absolute Gasteiger partial charge is 0.479 e. The van der Waals surface area contributed by atoms with Crippen LogP contribution in [0.1, 0.15) is 0 Å². The van der Waals surface area contributed by atoms with Gasteiger partial charge in [-0.25, -0.2) is 9.97 Å². The first-order chi connectivity index (χ1) is 9.72. The molecule has 0 aliphatic heterocycles. The molecule has 102 valence electrons. The van der Waals surface area contributed by atoms with Crippen LogP contribution in [0, 0.1) is 0 Å². The van der Waals surface area contributed by atoms with Gasteiger partial charge in [0, 0.05) is 30.6 Å². The lowest BCUT2D eigenvalue weighted by Gasteiger charge is -2.02. The molecule has 0 radical (unpaired) electrons. The van der Waals surface area contributed by atoms with Gasteiger partial charge in [0.15, 0.2) is 5.13 Å². The van der Waals surface area contributed by atoms with Crippen LogP contribution in [-0.2, 0) is 11.8 Å². The summed E-state index contributed by atoms with van der Waals surface area (Å²) in [5.74, 6) is 0.433. The molecule has 0 saturated carbocycles. The number of thiazole rings is 1. The van der Waals surface area contributed by atoms with Gasteiger partial charge in [-0.1, -0.05) is 11.3 Å². The van der Waals surface area contributed by atoms with E-state index >= 15 is 0 Å². The number of anilines is 1. The highest BCUT2D eigenvalue weighted by atomic mass is 32.1. The first-order valence-corrected chi connectivity index (χ1v) is 6.57. The van der Waals surface area contributed by atoms with Crippen molar-refractivity contribution in [3.05, 3.63) is 18.6 Å². The van der Waals surface area contributed by atoms with Gasteiger partial charge < -0.3 is 10.1 Å². The minimum atomic E-state index is 0.433. The number of nitrogens with one attached hydrogen (secondary N) is 1. The van der Waals surface area contributed by atoms with Crippen LogP contribution in [0.15, 0.2) is 18.6 Å². The summed E-state index contributed by atoms with van der Waals surface area (Å²) in [5.41, 5.74) is 2.47. The lowest BCUT2D eigenvalue weighted by atomic mass is 10.1. The highest BCUT2D eigenvalue weighted by molar-refractivity contribution is 7.22. The number of pyridine rings is 1. The van der Waals surface area contributed by atoms with Gasteiger partial charge in [-0.3, -0.25) is 9.48 Å². The minimum absolute atomic E-state index is 0.433. The summed E-state index contributed by atoms with van der Waals surface area (Å²) >= 11 is 1.37. The monoisotopic (exact) mass is 289 g/mol. The molecule has 0 bridgehead atoms. The average molecular weight is 289 g/mol. The van der Waals surface area contributed by atoms with Crippen LogP contribution in [0.4, 0.5) is 5.13 Å². The molecule has 3 rings (SSSR count). The first kappa shape index (κ1) is 12.5. The smallest absolute Gasteiger partial charge is 0.241 e. The van der Waals surface area contributed by atoms with E-state index in [1.165, 1.54) is 18.4 Å². The van der Waals surface area contributed by atoms with Crippen LogP contribution >= 0.6 is 11.3 Å². The van der Waals surface area contributed by atoms with Crippen LogP contribution in [0.5, 0.6) is 5.88 Å². The maximum Gasteiger partial charge on any atom is 0.241 e. The highest BCUT2D eigenvalue weighted by Crippen LogP contribution is 2.37. The Balaban J connectivity index is 2.24. The summed E-state index contributed by atoms with van der Waals surface area (Å²) in [5, 5.41) is 7.22. The molecule has 0 aromatic carbocycles. The minimum Gasteiger partial charge on any atom is -0.479 e. The van der Waals surface area contributed by atoms with Crippen LogP contribution in [0.3, 0.4) is 0 Å².